The van der Waals surface area contributed by atoms with Crippen molar-refractivity contribution < 1.29 is 79.4 Å². The van der Waals surface area contributed by atoms with E-state index >= 15 is 0 Å². The second kappa shape index (κ2) is 20.5. The van der Waals surface area contributed by atoms with E-state index in [-0.39, 0.29) is 42.1 Å². The van der Waals surface area contributed by atoms with Crippen LogP contribution in [0.3, 0.4) is 0 Å². The van der Waals surface area contributed by atoms with E-state index in [1.165, 1.54) is 29.2 Å². The number of imidazole rings is 1. The minimum absolute atomic E-state index is 0.0312. The van der Waals surface area contributed by atoms with Gasteiger partial charge in [0.1, 0.15) is 64.2 Å². The molecule has 3 aliphatic rings. The number of ether oxygens (including phenoxy) is 4. The fourth-order valence-corrected chi connectivity index (χ4v) is 9.46. The minimum Gasteiger partial charge on any atom is -0.455 e. The average molecular weight is 966 g/mol. The molecule has 3 saturated heterocycles. The Morgan fingerprint density at radius 2 is 1.80 bits per heavy atom. The number of aliphatic hydroxyl groups is 1. The Morgan fingerprint density at radius 3 is 2.47 bits per heavy atom. The van der Waals surface area contributed by atoms with E-state index in [0.717, 1.165) is 17.2 Å². The number of carbonyl (C=O) groups excluding carboxylic acids is 2. The number of amides is 1. The Balaban J connectivity index is 1.28. The highest BCUT2D eigenvalue weighted by atomic mass is 32.2. The van der Waals surface area contributed by atoms with Gasteiger partial charge >= 0.3 is 27.3 Å². The summed E-state index contributed by atoms with van der Waals surface area (Å²) in [6.07, 6.45) is -4.77. The van der Waals surface area contributed by atoms with Crippen LogP contribution in [0.1, 0.15) is 51.0 Å². The Bertz CT molecular complexity index is 2430. The molecule has 0 aliphatic carbocycles. The number of hydrogen-bond donors (Lipinski definition) is 7. The van der Waals surface area contributed by atoms with Gasteiger partial charge in [0.15, 0.2) is 23.8 Å². The number of nitrogens with zero attached hydrogens (tertiary/aromatic N) is 6. The van der Waals surface area contributed by atoms with Crippen molar-refractivity contribution in [2.75, 3.05) is 43.3 Å². The van der Waals surface area contributed by atoms with Gasteiger partial charge in [-0.25, -0.2) is 42.1 Å². The summed E-state index contributed by atoms with van der Waals surface area (Å²) in [5.74, 6) is -3.61. The standard InChI is InChI=1S/C34H49N9O18P2S/c1-3-4-7-24(44)40-20(9-12-64(2,53)54)33(46)60-28-22(59-32(26(28)45)43-17-39-25-29(36)37-16-38-30(25)43)15-57-63(51,52)61-27-19(13-18-6-5-11-55-18)31(42-10-8-23(35)41-34(42)47)58-21(27)14-56-62(48,49)50/h3,8,10,16-22,26-28,31-32,45H,1,4-7,9,11-15H2,2H3,(H,40,44)(H,51,52)(H2,35,41,47)(H2,36,37,38)(H2,48,49,50)/t18?,19-,20+,21-,22-,26-,27+,28-,31-,32-/m1/s1. The van der Waals surface area contributed by atoms with E-state index in [9.17, 15) is 51.7 Å². The molecule has 0 bridgehead atoms. The van der Waals surface area contributed by atoms with Crippen LogP contribution in [0.2, 0.25) is 0 Å². The molecule has 1 amide bonds. The molecule has 9 N–H and O–H groups in total. The summed E-state index contributed by atoms with van der Waals surface area (Å²) >= 11 is 0. The molecule has 0 saturated carbocycles. The van der Waals surface area contributed by atoms with Crippen molar-refractivity contribution in [1.29, 1.82) is 0 Å². The molecule has 6 heterocycles. The Morgan fingerprint density at radius 1 is 1.08 bits per heavy atom. The van der Waals surface area contributed by atoms with Crippen LogP contribution in [-0.2, 0) is 61.1 Å². The Labute approximate surface area is 364 Å². The third-order valence-electron chi connectivity index (χ3n) is 10.4. The number of aliphatic hydroxyl groups excluding tert-OH is 1. The van der Waals surface area contributed by atoms with Crippen LogP contribution in [0.25, 0.3) is 11.2 Å². The first-order valence-electron chi connectivity index (χ1n) is 19.7. The number of carbonyl (C=O) groups is 2. The summed E-state index contributed by atoms with van der Waals surface area (Å²) in [6.45, 7) is 2.06. The SMILES string of the molecule is C=CCCC(=O)N[C@@H](CCS(C)(=O)=O)C(=O)O[C@H]1[C@@H](O)[C@H](n2cnc3c(N)ncnc32)O[C@@H]1COP(=O)(O)O[C@H]1[C@@H](CC2CCCO2)[C@H](n2ccc(N)nc2=O)O[C@@H]1COP(=O)(O)O. The fourth-order valence-electron chi connectivity index (χ4n) is 7.46. The van der Waals surface area contributed by atoms with Crippen molar-refractivity contribution in [1.82, 2.24) is 34.4 Å². The number of anilines is 2. The van der Waals surface area contributed by atoms with E-state index in [0.29, 0.717) is 19.4 Å². The average Bonchev–Trinajstić information content (AvgIpc) is 4.01. The molecule has 3 aromatic heterocycles. The monoisotopic (exact) mass is 965 g/mol. The molecule has 2 unspecified atom stereocenters. The largest absolute Gasteiger partial charge is 0.472 e. The molecule has 3 fully saturated rings. The van der Waals surface area contributed by atoms with E-state index in [1.807, 2.05) is 0 Å². The third kappa shape index (κ3) is 12.5. The zero-order valence-corrected chi connectivity index (χ0v) is 36.7. The molecule has 6 rings (SSSR count). The first-order valence-corrected chi connectivity index (χ1v) is 24.7. The van der Waals surface area contributed by atoms with Gasteiger partial charge in [-0.2, -0.15) is 4.98 Å². The molecule has 354 valence electrons. The van der Waals surface area contributed by atoms with Crippen LogP contribution in [-0.4, -0.2) is 144 Å². The summed E-state index contributed by atoms with van der Waals surface area (Å²) in [6, 6.07) is -0.268. The highest BCUT2D eigenvalue weighted by molar-refractivity contribution is 7.90. The molecule has 64 heavy (non-hydrogen) atoms. The van der Waals surface area contributed by atoms with E-state index in [1.54, 1.807) is 0 Å². The zero-order valence-electron chi connectivity index (χ0n) is 34.1. The fraction of sp³-hybridized carbons (Fsp3) is 0.618. The van der Waals surface area contributed by atoms with Crippen LogP contribution >= 0.6 is 15.6 Å². The molecule has 3 aliphatic heterocycles. The Kier molecular flexibility index (Phi) is 15.7. The zero-order chi connectivity index (χ0) is 46.6. The topological polar surface area (TPSA) is 391 Å². The minimum atomic E-state index is -5.38. The van der Waals surface area contributed by atoms with Crippen LogP contribution in [0.15, 0.2) is 42.4 Å². The lowest BCUT2D eigenvalue weighted by Gasteiger charge is -2.28. The molecule has 27 nitrogen and oxygen atoms in total. The van der Waals surface area contributed by atoms with Gasteiger partial charge in [0.05, 0.1) is 31.4 Å². The maximum Gasteiger partial charge on any atom is 0.472 e. The summed E-state index contributed by atoms with van der Waals surface area (Å²) in [5, 5.41) is 14.1. The van der Waals surface area contributed by atoms with Crippen molar-refractivity contribution in [3.63, 3.8) is 0 Å². The lowest BCUT2D eigenvalue weighted by atomic mass is 9.92. The lowest BCUT2D eigenvalue weighted by molar-refractivity contribution is -0.160. The van der Waals surface area contributed by atoms with Gasteiger partial charge in [-0.15, -0.1) is 6.58 Å². The number of phosphoric acid groups is 2. The highest BCUT2D eigenvalue weighted by Gasteiger charge is 2.53. The van der Waals surface area contributed by atoms with Crippen molar-refractivity contribution in [2.45, 2.75) is 93.6 Å². The van der Waals surface area contributed by atoms with Gasteiger partial charge in [-0.05, 0) is 38.2 Å². The molecular weight excluding hydrogens is 916 g/mol. The van der Waals surface area contributed by atoms with Crippen LogP contribution in [0.4, 0.5) is 11.6 Å². The van der Waals surface area contributed by atoms with Crippen molar-refractivity contribution in [3.05, 3.63) is 48.1 Å². The number of sulfone groups is 1. The number of esters is 1. The number of allylic oxidation sites excluding steroid dienone is 1. The first-order chi connectivity index (χ1) is 30.1. The summed E-state index contributed by atoms with van der Waals surface area (Å²) < 4.78 is 91.6. The number of nitrogen functional groups attached to an aromatic ring is 2. The van der Waals surface area contributed by atoms with Gasteiger partial charge in [-0.1, -0.05) is 6.08 Å². The molecular formula is C34H49N9O18P2S. The summed E-state index contributed by atoms with van der Waals surface area (Å²) in [4.78, 5) is 85.7. The van der Waals surface area contributed by atoms with Gasteiger partial charge in [0, 0.05) is 31.4 Å². The molecule has 0 radical (unpaired) electrons. The summed E-state index contributed by atoms with van der Waals surface area (Å²) in [5.41, 5.74) is 10.9. The highest BCUT2D eigenvalue weighted by Crippen LogP contribution is 2.52. The van der Waals surface area contributed by atoms with Gasteiger partial charge in [-0.3, -0.25) is 27.5 Å². The maximum atomic E-state index is 14.0. The maximum absolute atomic E-state index is 14.0. The van der Waals surface area contributed by atoms with Crippen LogP contribution < -0.4 is 22.5 Å². The van der Waals surface area contributed by atoms with Crippen molar-refractivity contribution in [3.8, 4) is 0 Å². The second-order valence-corrected chi connectivity index (χ2v) is 20.1. The molecule has 0 aromatic carbocycles. The molecule has 0 spiro atoms. The van der Waals surface area contributed by atoms with Gasteiger partial charge in [0.2, 0.25) is 5.91 Å². The second-order valence-electron chi connectivity index (χ2n) is 15.2. The predicted molar refractivity (Wildman–Crippen MR) is 218 cm³/mol. The van der Waals surface area contributed by atoms with Crippen LogP contribution in [0.5, 0.6) is 0 Å². The predicted octanol–water partition coefficient (Wildman–Crippen LogP) is -1.00. The van der Waals surface area contributed by atoms with E-state index in [2.05, 4.69) is 31.8 Å². The Hall–Kier alpha value is -4.28. The third-order valence-corrected chi connectivity index (χ3v) is 12.9. The van der Waals surface area contributed by atoms with Gasteiger partial charge < -0.3 is 55.5 Å². The quantitative estimate of drug-likeness (QED) is 0.0382. The number of fused-ring (bicyclic) bond motifs is 1. The number of nitrogens with one attached hydrogen (secondary N) is 1. The number of hydrogen-bond acceptors (Lipinski definition) is 21. The number of nitrogens with two attached hydrogens (primary N) is 2. The van der Waals surface area contributed by atoms with E-state index in [4.69, 9.17) is 44.0 Å². The van der Waals surface area contributed by atoms with Crippen molar-refractivity contribution in [2.24, 2.45) is 5.92 Å². The normalized spacial score (nSPS) is 27.6. The van der Waals surface area contributed by atoms with E-state index < -0.39 is 129 Å². The number of rotatable bonds is 21. The molecule has 3 aromatic rings. The van der Waals surface area contributed by atoms with Crippen LogP contribution in [0, 0.1) is 5.92 Å². The first kappa shape index (κ1) is 49.2. The lowest BCUT2D eigenvalue weighted by Crippen LogP contribution is -2.47. The molecule has 30 heteroatoms. The van der Waals surface area contributed by atoms with Crippen molar-refractivity contribution >= 4 is 60.2 Å². The number of aromatic nitrogens is 6. The summed E-state index contributed by atoms with van der Waals surface area (Å²) in [7, 11) is -14.2. The smallest absolute Gasteiger partial charge is 0.455 e. The number of phosphoric ester groups is 2. The van der Waals surface area contributed by atoms with Gasteiger partial charge in [0.25, 0.3) is 0 Å². The molecule has 11 atom stereocenters.